The Morgan fingerprint density at radius 3 is 2.31 bits per heavy atom. The Kier molecular flexibility index (Phi) is 5.02. The lowest BCUT2D eigenvalue weighted by atomic mass is 9.79. The summed E-state index contributed by atoms with van der Waals surface area (Å²) in [5, 5.41) is 0. The van der Waals surface area contributed by atoms with Crippen LogP contribution in [0, 0.1) is 5.41 Å². The highest BCUT2D eigenvalue weighted by Gasteiger charge is 2.41. The summed E-state index contributed by atoms with van der Waals surface area (Å²) >= 11 is 0. The average molecular weight is 249 g/mol. The minimum atomic E-state index is -0.317. The van der Waals surface area contributed by atoms with E-state index >= 15 is 0 Å². The van der Waals surface area contributed by atoms with E-state index < -0.39 is 0 Å². The number of likely N-dealkylation sites (tertiary alicyclic amines) is 1. The molecule has 0 atom stereocenters. The maximum absolute atomic E-state index is 12.3. The van der Waals surface area contributed by atoms with Crippen molar-refractivity contribution in [3.8, 4) is 0 Å². The van der Waals surface area contributed by atoms with Crippen molar-refractivity contribution in [2.75, 3.05) is 32.8 Å². The Morgan fingerprint density at radius 1 is 1.25 bits per heavy atom. The summed E-state index contributed by atoms with van der Waals surface area (Å²) in [5.41, 5.74) is 5.49. The molecule has 0 unspecified atom stereocenters. The van der Waals surface area contributed by atoms with Crippen molar-refractivity contribution in [1.29, 1.82) is 0 Å². The maximum Gasteiger partial charge on any atom is 0.230 e. The summed E-state index contributed by atoms with van der Waals surface area (Å²) in [7, 11) is 0. The van der Waals surface area contributed by atoms with Gasteiger partial charge in [-0.25, -0.2) is 0 Å². The van der Waals surface area contributed by atoms with E-state index in [1.54, 1.807) is 0 Å². The molecule has 2 heterocycles. The van der Waals surface area contributed by atoms with Crippen molar-refractivity contribution < 1.29 is 9.53 Å². The number of hydrogen-bond acceptors (Lipinski definition) is 3. The van der Waals surface area contributed by atoms with Gasteiger partial charge in [0.05, 0.1) is 5.41 Å². The number of nitrogens with two attached hydrogens (primary N) is 1. The first kappa shape index (κ1) is 13.7. The molecule has 94 valence electrons. The normalized spacial score (nSPS) is 23.9. The van der Waals surface area contributed by atoms with E-state index in [2.05, 4.69) is 0 Å². The van der Waals surface area contributed by atoms with Gasteiger partial charge in [0.25, 0.3) is 0 Å². The number of carbonyl (C=O) groups is 1. The van der Waals surface area contributed by atoms with E-state index in [1.165, 1.54) is 0 Å². The molecule has 16 heavy (non-hydrogen) atoms. The van der Waals surface area contributed by atoms with Gasteiger partial charge in [0, 0.05) is 32.8 Å². The minimum absolute atomic E-state index is 0. The minimum Gasteiger partial charge on any atom is -0.381 e. The van der Waals surface area contributed by atoms with Gasteiger partial charge in [-0.2, -0.15) is 0 Å². The monoisotopic (exact) mass is 248 g/mol. The average Bonchev–Trinajstić information content (AvgIpc) is 2.82. The zero-order valence-electron chi connectivity index (χ0n) is 9.61. The zero-order chi connectivity index (χ0) is 10.7. The van der Waals surface area contributed by atoms with Crippen molar-refractivity contribution in [3.05, 3.63) is 0 Å². The second-order valence-corrected chi connectivity index (χ2v) is 4.60. The molecule has 0 aliphatic carbocycles. The summed E-state index contributed by atoms with van der Waals surface area (Å²) < 4.78 is 5.31. The molecule has 0 aromatic rings. The number of carbonyl (C=O) groups excluding carboxylic acids is 1. The summed E-state index contributed by atoms with van der Waals surface area (Å²) in [6.07, 6.45) is 3.86. The van der Waals surface area contributed by atoms with Crippen LogP contribution in [-0.2, 0) is 9.53 Å². The fraction of sp³-hybridized carbons (Fsp3) is 0.909. The Hall–Kier alpha value is -0.320. The smallest absolute Gasteiger partial charge is 0.230 e. The predicted molar refractivity (Wildman–Crippen MR) is 64.6 cm³/mol. The fourth-order valence-electron chi connectivity index (χ4n) is 2.52. The molecule has 0 radical (unpaired) electrons. The van der Waals surface area contributed by atoms with Gasteiger partial charge in [-0.1, -0.05) is 0 Å². The molecule has 0 bridgehead atoms. The first-order chi connectivity index (χ1) is 7.28. The molecule has 2 rings (SSSR count). The first-order valence-corrected chi connectivity index (χ1v) is 5.86. The summed E-state index contributed by atoms with van der Waals surface area (Å²) in [6.45, 7) is 3.65. The molecule has 2 saturated heterocycles. The zero-order valence-corrected chi connectivity index (χ0v) is 10.4. The molecule has 5 heteroatoms. The molecule has 2 aliphatic heterocycles. The Balaban J connectivity index is 0.00000128. The van der Waals surface area contributed by atoms with Crippen LogP contribution >= 0.6 is 12.4 Å². The molecular weight excluding hydrogens is 228 g/mol. The molecule has 4 nitrogen and oxygen atoms in total. The van der Waals surface area contributed by atoms with Gasteiger partial charge in [-0.3, -0.25) is 4.79 Å². The number of ether oxygens (including phenoxy) is 1. The molecule has 2 aliphatic rings. The molecule has 0 aromatic carbocycles. The Morgan fingerprint density at radius 2 is 1.81 bits per heavy atom. The van der Waals surface area contributed by atoms with Gasteiger partial charge < -0.3 is 15.4 Å². The maximum atomic E-state index is 12.3. The van der Waals surface area contributed by atoms with Crippen molar-refractivity contribution in [2.24, 2.45) is 11.1 Å². The fourth-order valence-corrected chi connectivity index (χ4v) is 2.52. The highest BCUT2D eigenvalue weighted by atomic mass is 35.5. The third-order valence-electron chi connectivity index (χ3n) is 3.69. The Labute approximate surface area is 103 Å². The van der Waals surface area contributed by atoms with E-state index in [0.717, 1.165) is 38.8 Å². The van der Waals surface area contributed by atoms with Crippen LogP contribution in [0.25, 0.3) is 0 Å². The van der Waals surface area contributed by atoms with E-state index in [9.17, 15) is 4.79 Å². The van der Waals surface area contributed by atoms with Gasteiger partial charge in [0.1, 0.15) is 0 Å². The van der Waals surface area contributed by atoms with Gasteiger partial charge in [-0.15, -0.1) is 12.4 Å². The first-order valence-electron chi connectivity index (χ1n) is 5.86. The van der Waals surface area contributed by atoms with Gasteiger partial charge in [0.2, 0.25) is 5.91 Å². The number of rotatable bonds is 2. The molecule has 1 amide bonds. The van der Waals surface area contributed by atoms with Gasteiger partial charge in [0.15, 0.2) is 0 Å². The Bertz CT molecular complexity index is 236. The van der Waals surface area contributed by atoms with Crippen molar-refractivity contribution >= 4 is 18.3 Å². The lowest BCUT2D eigenvalue weighted by molar-refractivity contribution is -0.146. The quantitative estimate of drug-likeness (QED) is 0.786. The second-order valence-electron chi connectivity index (χ2n) is 4.60. The number of amides is 1. The van der Waals surface area contributed by atoms with E-state index in [-0.39, 0.29) is 23.7 Å². The largest absolute Gasteiger partial charge is 0.381 e. The predicted octanol–water partition coefficient (Wildman–Crippen LogP) is 0.786. The molecule has 0 saturated carbocycles. The number of nitrogens with zero attached hydrogens (tertiary/aromatic N) is 1. The molecule has 0 aromatic heterocycles. The number of halogens is 1. The van der Waals surface area contributed by atoms with Crippen LogP contribution < -0.4 is 5.73 Å². The summed E-state index contributed by atoms with van der Waals surface area (Å²) in [6, 6.07) is 0. The lowest BCUT2D eigenvalue weighted by Crippen LogP contribution is -2.50. The van der Waals surface area contributed by atoms with Crippen LogP contribution in [-0.4, -0.2) is 43.7 Å². The number of hydrogen-bond donors (Lipinski definition) is 1. The SMILES string of the molecule is Cl.NCC1(C(=O)N2CCCC2)CCOCC1. The van der Waals surface area contributed by atoms with Gasteiger partial charge in [-0.05, 0) is 25.7 Å². The topological polar surface area (TPSA) is 55.6 Å². The van der Waals surface area contributed by atoms with Crippen LogP contribution in [0.4, 0.5) is 0 Å². The summed E-state index contributed by atoms with van der Waals surface area (Å²) in [4.78, 5) is 14.3. The van der Waals surface area contributed by atoms with Crippen molar-refractivity contribution in [1.82, 2.24) is 4.90 Å². The molecular formula is C11H21ClN2O2. The van der Waals surface area contributed by atoms with E-state index in [4.69, 9.17) is 10.5 Å². The summed E-state index contributed by atoms with van der Waals surface area (Å²) in [5.74, 6) is 0.269. The van der Waals surface area contributed by atoms with Crippen molar-refractivity contribution in [2.45, 2.75) is 25.7 Å². The van der Waals surface area contributed by atoms with Crippen LogP contribution in [0.1, 0.15) is 25.7 Å². The van der Waals surface area contributed by atoms with Crippen LogP contribution in [0.2, 0.25) is 0 Å². The van der Waals surface area contributed by atoms with Gasteiger partial charge >= 0.3 is 0 Å². The van der Waals surface area contributed by atoms with Crippen LogP contribution in [0.15, 0.2) is 0 Å². The van der Waals surface area contributed by atoms with Crippen molar-refractivity contribution in [3.63, 3.8) is 0 Å². The lowest BCUT2D eigenvalue weighted by Gasteiger charge is -2.37. The van der Waals surface area contributed by atoms with Crippen LogP contribution in [0.3, 0.4) is 0 Å². The molecule has 2 fully saturated rings. The molecule has 2 N–H and O–H groups in total. The third-order valence-corrected chi connectivity index (χ3v) is 3.69. The highest BCUT2D eigenvalue weighted by molar-refractivity contribution is 5.85. The standard InChI is InChI=1S/C11H20N2O2.ClH/c12-9-11(3-7-15-8-4-11)10(14)13-5-1-2-6-13;/h1-9,12H2;1H. The molecule has 0 spiro atoms. The van der Waals surface area contributed by atoms with Crippen LogP contribution in [0.5, 0.6) is 0 Å². The van der Waals surface area contributed by atoms with E-state index in [1.807, 2.05) is 4.90 Å². The third kappa shape index (κ3) is 2.50. The second kappa shape index (κ2) is 5.84. The van der Waals surface area contributed by atoms with E-state index in [0.29, 0.717) is 19.8 Å². The highest BCUT2D eigenvalue weighted by Crippen LogP contribution is 2.32.